The summed E-state index contributed by atoms with van der Waals surface area (Å²) in [6.45, 7) is 5.92. The van der Waals surface area contributed by atoms with E-state index in [1.54, 1.807) is 0 Å². The van der Waals surface area contributed by atoms with Gasteiger partial charge in [-0.3, -0.25) is 0 Å². The highest BCUT2D eigenvalue weighted by Gasteiger charge is 2.15. The molecule has 0 unspecified atom stereocenters. The summed E-state index contributed by atoms with van der Waals surface area (Å²) in [6, 6.07) is 2.81. The third kappa shape index (κ3) is 7.09. The molecule has 21 heavy (non-hydrogen) atoms. The van der Waals surface area contributed by atoms with Gasteiger partial charge in [0.15, 0.2) is 0 Å². The molecular weight excluding hydrogens is 405 g/mol. The number of halogens is 3. The van der Waals surface area contributed by atoms with Crippen LogP contribution in [0.1, 0.15) is 32.8 Å². The van der Waals surface area contributed by atoms with Gasteiger partial charge in [0.05, 0.1) is 0 Å². The van der Waals surface area contributed by atoms with Crippen LogP contribution in [0.4, 0.5) is 9.18 Å². The van der Waals surface area contributed by atoms with Crippen LogP contribution in [-0.2, 0) is 4.74 Å². The zero-order valence-electron chi connectivity index (χ0n) is 12.2. The Labute approximate surface area is 141 Å². The van der Waals surface area contributed by atoms with Gasteiger partial charge in [-0.2, -0.15) is 0 Å². The minimum absolute atomic E-state index is 0.308. The van der Waals surface area contributed by atoms with E-state index in [1.165, 1.54) is 12.1 Å². The van der Waals surface area contributed by atoms with Crippen molar-refractivity contribution in [3.63, 3.8) is 0 Å². The molecule has 116 valence electrons. The molecule has 0 aliphatic rings. The summed E-state index contributed by atoms with van der Waals surface area (Å²) < 4.78 is 19.6. The molecule has 1 aromatic carbocycles. The molecule has 1 aromatic rings. The number of alkyl carbamates (subject to hydrolysis) is 1. The van der Waals surface area contributed by atoms with Crippen LogP contribution in [0.15, 0.2) is 27.2 Å². The molecule has 6 heteroatoms. The summed E-state index contributed by atoms with van der Waals surface area (Å²) in [5.74, 6) is -0.308. The van der Waals surface area contributed by atoms with Crippen molar-refractivity contribution in [1.82, 2.24) is 5.32 Å². The normalized spacial score (nSPS) is 11.7. The molecule has 0 aromatic heterocycles. The van der Waals surface area contributed by atoms with Gasteiger partial charge in [0.25, 0.3) is 0 Å². The quantitative estimate of drug-likeness (QED) is 0.670. The van der Waals surface area contributed by atoms with Gasteiger partial charge in [0, 0.05) is 21.1 Å². The van der Waals surface area contributed by atoms with Crippen LogP contribution in [0.5, 0.6) is 0 Å². The number of carbonyl (C=O) groups excluding carboxylic acids is 1. The van der Waals surface area contributed by atoms with Crippen molar-refractivity contribution in [2.75, 3.05) is 6.54 Å². The first-order valence-electron chi connectivity index (χ1n) is 6.47. The van der Waals surface area contributed by atoms with Gasteiger partial charge < -0.3 is 10.1 Å². The second-order valence-corrected chi connectivity index (χ2v) is 7.11. The molecule has 0 heterocycles. The van der Waals surface area contributed by atoms with Gasteiger partial charge in [0.2, 0.25) is 0 Å². The molecule has 0 aliphatic carbocycles. The number of carbonyl (C=O) groups is 1. The third-order valence-electron chi connectivity index (χ3n) is 2.31. The summed E-state index contributed by atoms with van der Waals surface area (Å²) in [5, 5.41) is 2.67. The van der Waals surface area contributed by atoms with Gasteiger partial charge in [0.1, 0.15) is 11.4 Å². The lowest BCUT2D eigenvalue weighted by Crippen LogP contribution is -2.32. The SMILES string of the molecule is CC(C)(C)OC(=O)NCCC=Cc1c(Br)cc(F)cc1Br. The average molecular weight is 423 g/mol. The van der Waals surface area contributed by atoms with Crippen molar-refractivity contribution in [1.29, 1.82) is 0 Å². The summed E-state index contributed by atoms with van der Waals surface area (Å²) in [5.41, 5.74) is 0.359. The number of rotatable bonds is 4. The fourth-order valence-electron chi connectivity index (χ4n) is 1.49. The third-order valence-corrected chi connectivity index (χ3v) is 3.62. The summed E-state index contributed by atoms with van der Waals surface area (Å²) in [7, 11) is 0. The fraction of sp³-hybridized carbons (Fsp3) is 0.400. The van der Waals surface area contributed by atoms with Crippen LogP contribution in [0.25, 0.3) is 6.08 Å². The second-order valence-electron chi connectivity index (χ2n) is 5.40. The van der Waals surface area contributed by atoms with Gasteiger partial charge >= 0.3 is 6.09 Å². The highest BCUT2D eigenvalue weighted by Crippen LogP contribution is 2.28. The van der Waals surface area contributed by atoms with Crippen molar-refractivity contribution in [3.8, 4) is 0 Å². The molecule has 0 atom stereocenters. The minimum atomic E-state index is -0.496. The number of hydrogen-bond donors (Lipinski definition) is 1. The van der Waals surface area contributed by atoms with Gasteiger partial charge in [-0.05, 0) is 39.3 Å². The molecule has 0 saturated carbocycles. The standard InChI is InChI=1S/C15H18Br2FNO2/c1-15(2,3)21-14(20)19-7-5-4-6-11-12(16)8-10(18)9-13(11)17/h4,6,8-9H,5,7H2,1-3H3,(H,19,20). The number of hydrogen-bond acceptors (Lipinski definition) is 2. The Morgan fingerprint density at radius 1 is 1.33 bits per heavy atom. The van der Waals surface area contributed by atoms with Gasteiger partial charge in [-0.25, -0.2) is 9.18 Å². The van der Waals surface area contributed by atoms with E-state index in [9.17, 15) is 9.18 Å². The summed E-state index contributed by atoms with van der Waals surface area (Å²) >= 11 is 6.62. The van der Waals surface area contributed by atoms with Crippen molar-refractivity contribution >= 4 is 44.0 Å². The van der Waals surface area contributed by atoms with E-state index in [2.05, 4.69) is 37.2 Å². The minimum Gasteiger partial charge on any atom is -0.444 e. The molecule has 0 radical (unpaired) electrons. The Balaban J connectivity index is 2.45. The Kier molecular flexibility index (Phi) is 6.87. The van der Waals surface area contributed by atoms with Crippen LogP contribution < -0.4 is 5.32 Å². The van der Waals surface area contributed by atoms with Crippen molar-refractivity contribution in [2.24, 2.45) is 0 Å². The lowest BCUT2D eigenvalue weighted by Gasteiger charge is -2.19. The lowest BCUT2D eigenvalue weighted by atomic mass is 10.2. The lowest BCUT2D eigenvalue weighted by molar-refractivity contribution is 0.0529. The summed E-state index contributed by atoms with van der Waals surface area (Å²) in [6.07, 6.45) is 3.99. The number of ether oxygens (including phenoxy) is 1. The van der Waals surface area contributed by atoms with E-state index in [-0.39, 0.29) is 5.82 Å². The molecular formula is C15H18Br2FNO2. The zero-order valence-corrected chi connectivity index (χ0v) is 15.3. The highest BCUT2D eigenvalue weighted by atomic mass is 79.9. The first kappa shape index (κ1) is 18.2. The molecule has 1 amide bonds. The first-order valence-corrected chi connectivity index (χ1v) is 8.05. The predicted molar refractivity (Wildman–Crippen MR) is 89.7 cm³/mol. The highest BCUT2D eigenvalue weighted by molar-refractivity contribution is 9.11. The molecule has 0 fully saturated rings. The molecule has 0 spiro atoms. The monoisotopic (exact) mass is 421 g/mol. The maximum atomic E-state index is 13.1. The maximum absolute atomic E-state index is 13.1. The molecule has 3 nitrogen and oxygen atoms in total. The van der Waals surface area contributed by atoms with E-state index >= 15 is 0 Å². The van der Waals surface area contributed by atoms with E-state index in [0.717, 1.165) is 5.56 Å². The Morgan fingerprint density at radius 3 is 2.43 bits per heavy atom. The molecule has 0 bridgehead atoms. The van der Waals surface area contributed by atoms with Crippen LogP contribution in [0, 0.1) is 5.82 Å². The smallest absolute Gasteiger partial charge is 0.407 e. The Morgan fingerprint density at radius 2 is 1.90 bits per heavy atom. The number of nitrogens with one attached hydrogen (secondary N) is 1. The molecule has 1 rings (SSSR count). The Bertz CT molecular complexity index is 516. The zero-order chi connectivity index (χ0) is 16.0. The fourth-order valence-corrected chi connectivity index (χ4v) is 2.88. The van der Waals surface area contributed by atoms with E-state index < -0.39 is 11.7 Å². The number of amides is 1. The van der Waals surface area contributed by atoms with Crippen molar-refractivity contribution in [2.45, 2.75) is 32.8 Å². The first-order chi connectivity index (χ1) is 9.69. The van der Waals surface area contributed by atoms with Gasteiger partial charge in [-0.15, -0.1) is 0 Å². The van der Waals surface area contributed by atoms with Crippen molar-refractivity contribution < 1.29 is 13.9 Å². The Hall–Kier alpha value is -0.880. The van der Waals surface area contributed by atoms with Crippen LogP contribution >= 0.6 is 31.9 Å². The van der Waals surface area contributed by atoms with E-state index in [4.69, 9.17) is 4.74 Å². The van der Waals surface area contributed by atoms with Gasteiger partial charge in [-0.1, -0.05) is 44.0 Å². The van der Waals surface area contributed by atoms with Crippen molar-refractivity contribution in [3.05, 3.63) is 38.5 Å². The molecule has 0 aliphatic heterocycles. The number of benzene rings is 1. The maximum Gasteiger partial charge on any atom is 0.407 e. The van der Waals surface area contributed by atoms with E-state index in [1.807, 2.05) is 32.9 Å². The van der Waals surface area contributed by atoms with Crippen LogP contribution in [0.3, 0.4) is 0 Å². The molecule has 1 N–H and O–H groups in total. The van der Waals surface area contributed by atoms with Crippen LogP contribution in [0.2, 0.25) is 0 Å². The second kappa shape index (κ2) is 7.94. The topological polar surface area (TPSA) is 38.3 Å². The van der Waals surface area contributed by atoms with Crippen LogP contribution in [-0.4, -0.2) is 18.2 Å². The average Bonchev–Trinajstić information content (AvgIpc) is 2.29. The van der Waals surface area contributed by atoms with E-state index in [0.29, 0.717) is 21.9 Å². The largest absolute Gasteiger partial charge is 0.444 e. The molecule has 0 saturated heterocycles. The predicted octanol–water partition coefficient (Wildman–Crippen LogP) is 5.28. The summed E-state index contributed by atoms with van der Waals surface area (Å²) in [4.78, 5) is 11.4.